The van der Waals surface area contributed by atoms with E-state index in [-0.39, 0.29) is 5.97 Å². The lowest BCUT2D eigenvalue weighted by atomic mass is 10.2. The molecule has 2 N–H and O–H groups in total. The summed E-state index contributed by atoms with van der Waals surface area (Å²) in [5.41, 5.74) is 7.57. The Bertz CT molecular complexity index is 636. The SMILES string of the molecule is CCOC(=O)C(N)CSCc1cc2ccccc2nc1Cl. The summed E-state index contributed by atoms with van der Waals surface area (Å²) in [7, 11) is 0. The highest BCUT2D eigenvalue weighted by Crippen LogP contribution is 2.24. The topological polar surface area (TPSA) is 65.2 Å². The minimum absolute atomic E-state index is 0.345. The number of pyridine rings is 1. The van der Waals surface area contributed by atoms with E-state index in [1.54, 1.807) is 18.7 Å². The summed E-state index contributed by atoms with van der Waals surface area (Å²) in [6.07, 6.45) is 0. The van der Waals surface area contributed by atoms with E-state index in [1.807, 2.05) is 30.3 Å². The summed E-state index contributed by atoms with van der Waals surface area (Å²) in [4.78, 5) is 15.8. The Labute approximate surface area is 133 Å². The van der Waals surface area contributed by atoms with E-state index in [4.69, 9.17) is 22.1 Å². The van der Waals surface area contributed by atoms with Gasteiger partial charge in [-0.3, -0.25) is 4.79 Å². The predicted molar refractivity (Wildman–Crippen MR) is 87.5 cm³/mol. The Kier molecular flexibility index (Phi) is 5.85. The summed E-state index contributed by atoms with van der Waals surface area (Å²) >= 11 is 7.72. The Hall–Kier alpha value is -1.30. The van der Waals surface area contributed by atoms with Crippen LogP contribution in [0.4, 0.5) is 0 Å². The van der Waals surface area contributed by atoms with Crippen molar-refractivity contribution in [2.75, 3.05) is 12.4 Å². The fraction of sp³-hybridized carbons (Fsp3) is 0.333. The maximum Gasteiger partial charge on any atom is 0.323 e. The molecule has 1 aromatic heterocycles. The van der Waals surface area contributed by atoms with E-state index in [0.29, 0.717) is 23.3 Å². The first-order valence-corrected chi connectivity index (χ1v) is 8.19. The van der Waals surface area contributed by atoms with Crippen molar-refractivity contribution in [2.45, 2.75) is 18.7 Å². The molecule has 0 bridgehead atoms. The Balaban J connectivity index is 1.97. The van der Waals surface area contributed by atoms with Crippen LogP contribution in [0.2, 0.25) is 5.15 Å². The molecule has 6 heteroatoms. The molecule has 1 heterocycles. The second kappa shape index (κ2) is 7.64. The van der Waals surface area contributed by atoms with Crippen LogP contribution in [0.3, 0.4) is 0 Å². The number of halogens is 1. The van der Waals surface area contributed by atoms with Crippen LogP contribution in [0.25, 0.3) is 10.9 Å². The summed E-state index contributed by atoms with van der Waals surface area (Å²) in [5.74, 6) is 0.777. The van der Waals surface area contributed by atoms with E-state index < -0.39 is 6.04 Å². The normalized spacial score (nSPS) is 12.3. The molecule has 2 rings (SSSR count). The van der Waals surface area contributed by atoms with Gasteiger partial charge < -0.3 is 10.5 Å². The van der Waals surface area contributed by atoms with Crippen molar-refractivity contribution in [2.24, 2.45) is 5.73 Å². The predicted octanol–water partition coefficient (Wildman–Crippen LogP) is 3.01. The number of aromatic nitrogens is 1. The second-order valence-electron chi connectivity index (χ2n) is 4.50. The number of para-hydroxylation sites is 1. The second-order valence-corrected chi connectivity index (χ2v) is 5.89. The van der Waals surface area contributed by atoms with Crippen molar-refractivity contribution >= 4 is 40.2 Å². The quantitative estimate of drug-likeness (QED) is 0.653. The molecule has 0 spiro atoms. The van der Waals surface area contributed by atoms with Gasteiger partial charge in [0.05, 0.1) is 12.1 Å². The Morgan fingerprint density at radius 1 is 1.48 bits per heavy atom. The van der Waals surface area contributed by atoms with Crippen LogP contribution in [-0.2, 0) is 15.3 Å². The minimum Gasteiger partial charge on any atom is -0.465 e. The molecule has 0 aliphatic heterocycles. The zero-order valence-electron chi connectivity index (χ0n) is 11.7. The minimum atomic E-state index is -0.609. The molecule has 112 valence electrons. The number of benzene rings is 1. The number of rotatable bonds is 6. The number of thioether (sulfide) groups is 1. The molecule has 0 amide bonds. The van der Waals surface area contributed by atoms with E-state index in [0.717, 1.165) is 16.5 Å². The van der Waals surface area contributed by atoms with Crippen molar-refractivity contribution in [3.63, 3.8) is 0 Å². The van der Waals surface area contributed by atoms with Crippen molar-refractivity contribution in [1.29, 1.82) is 0 Å². The first-order valence-electron chi connectivity index (χ1n) is 6.66. The lowest BCUT2D eigenvalue weighted by Crippen LogP contribution is -2.34. The number of hydrogen-bond donors (Lipinski definition) is 1. The average Bonchev–Trinajstić information content (AvgIpc) is 2.47. The zero-order valence-corrected chi connectivity index (χ0v) is 13.3. The summed E-state index contributed by atoms with van der Waals surface area (Å²) in [5, 5.41) is 1.54. The average molecular weight is 325 g/mol. The van der Waals surface area contributed by atoms with Crippen LogP contribution in [-0.4, -0.2) is 29.4 Å². The third-order valence-corrected chi connectivity index (χ3v) is 4.33. The number of hydrogen-bond acceptors (Lipinski definition) is 5. The van der Waals surface area contributed by atoms with Gasteiger partial charge in [-0.1, -0.05) is 29.8 Å². The monoisotopic (exact) mass is 324 g/mol. The summed E-state index contributed by atoms with van der Waals surface area (Å²) in [6.45, 7) is 2.11. The standard InChI is InChI=1S/C15H17ClN2O2S/c1-2-20-15(19)12(17)9-21-8-11-7-10-5-3-4-6-13(10)18-14(11)16/h3-7,12H,2,8-9,17H2,1H3. The van der Waals surface area contributed by atoms with Gasteiger partial charge in [-0.05, 0) is 19.1 Å². The summed E-state index contributed by atoms with van der Waals surface area (Å²) < 4.78 is 4.87. The number of esters is 1. The molecule has 21 heavy (non-hydrogen) atoms. The van der Waals surface area contributed by atoms with E-state index in [9.17, 15) is 4.79 Å². The summed E-state index contributed by atoms with van der Waals surface area (Å²) in [6, 6.07) is 9.23. The number of fused-ring (bicyclic) bond motifs is 1. The number of carbonyl (C=O) groups excluding carboxylic acids is 1. The Morgan fingerprint density at radius 3 is 3.00 bits per heavy atom. The maximum atomic E-state index is 11.4. The molecule has 2 aromatic rings. The number of nitrogens with zero attached hydrogens (tertiary/aromatic N) is 1. The fourth-order valence-electron chi connectivity index (χ4n) is 1.85. The first kappa shape index (κ1) is 16.1. The van der Waals surface area contributed by atoms with Gasteiger partial charge in [0.15, 0.2) is 0 Å². The zero-order chi connectivity index (χ0) is 15.2. The van der Waals surface area contributed by atoms with Gasteiger partial charge in [-0.2, -0.15) is 11.8 Å². The maximum absolute atomic E-state index is 11.4. The molecule has 0 aliphatic carbocycles. The van der Waals surface area contributed by atoms with Gasteiger partial charge in [0.2, 0.25) is 0 Å². The molecule has 1 aromatic carbocycles. The molecule has 0 saturated heterocycles. The van der Waals surface area contributed by atoms with Crippen molar-refractivity contribution in [3.05, 3.63) is 41.0 Å². The van der Waals surface area contributed by atoms with Crippen LogP contribution in [0.1, 0.15) is 12.5 Å². The van der Waals surface area contributed by atoms with Gasteiger partial charge in [-0.15, -0.1) is 0 Å². The van der Waals surface area contributed by atoms with Crippen molar-refractivity contribution in [1.82, 2.24) is 4.98 Å². The third kappa shape index (κ3) is 4.33. The third-order valence-electron chi connectivity index (χ3n) is 2.89. The van der Waals surface area contributed by atoms with E-state index >= 15 is 0 Å². The highest BCUT2D eigenvalue weighted by atomic mass is 35.5. The molecule has 0 saturated carbocycles. The molecule has 1 atom stereocenters. The van der Waals surface area contributed by atoms with Crippen LogP contribution in [0.15, 0.2) is 30.3 Å². The molecule has 4 nitrogen and oxygen atoms in total. The van der Waals surface area contributed by atoms with Crippen LogP contribution < -0.4 is 5.73 Å². The first-order chi connectivity index (χ1) is 10.1. The van der Waals surface area contributed by atoms with Gasteiger partial charge >= 0.3 is 5.97 Å². The van der Waals surface area contributed by atoms with Crippen molar-refractivity contribution in [3.8, 4) is 0 Å². The van der Waals surface area contributed by atoms with Gasteiger partial charge in [0.25, 0.3) is 0 Å². The van der Waals surface area contributed by atoms with E-state index in [2.05, 4.69) is 4.98 Å². The fourth-order valence-corrected chi connectivity index (χ4v) is 3.09. The van der Waals surface area contributed by atoms with E-state index in [1.165, 1.54) is 0 Å². The molecule has 0 fully saturated rings. The molecule has 0 aliphatic rings. The largest absolute Gasteiger partial charge is 0.465 e. The highest BCUT2D eigenvalue weighted by Gasteiger charge is 2.14. The highest BCUT2D eigenvalue weighted by molar-refractivity contribution is 7.98. The van der Waals surface area contributed by atoms with Crippen LogP contribution >= 0.6 is 23.4 Å². The van der Waals surface area contributed by atoms with Gasteiger partial charge in [0.1, 0.15) is 11.2 Å². The number of ether oxygens (including phenoxy) is 1. The molecule has 0 radical (unpaired) electrons. The van der Waals surface area contributed by atoms with Crippen molar-refractivity contribution < 1.29 is 9.53 Å². The van der Waals surface area contributed by atoms with Gasteiger partial charge in [-0.25, -0.2) is 4.98 Å². The molecule has 1 unspecified atom stereocenters. The number of nitrogens with two attached hydrogens (primary N) is 1. The van der Waals surface area contributed by atoms with Crippen LogP contribution in [0.5, 0.6) is 0 Å². The molecular formula is C15H17ClN2O2S. The molecular weight excluding hydrogens is 308 g/mol. The smallest absolute Gasteiger partial charge is 0.323 e. The lowest BCUT2D eigenvalue weighted by Gasteiger charge is -2.10. The van der Waals surface area contributed by atoms with Gasteiger partial charge in [0, 0.05) is 22.5 Å². The Morgan fingerprint density at radius 2 is 2.24 bits per heavy atom. The van der Waals surface area contributed by atoms with Crippen LogP contribution in [0, 0.1) is 0 Å². The lowest BCUT2D eigenvalue weighted by molar-refractivity contribution is -0.144. The number of carbonyl (C=O) groups is 1.